The summed E-state index contributed by atoms with van der Waals surface area (Å²) in [7, 11) is -3.39. The molecule has 0 atom stereocenters. The monoisotopic (exact) mass is 478 g/mol. The Labute approximate surface area is 181 Å². The number of rotatable bonds is 6. The molecule has 0 radical (unpaired) electrons. The van der Waals surface area contributed by atoms with Gasteiger partial charge in [-0.25, -0.2) is 12.7 Å². The van der Waals surface area contributed by atoms with Crippen LogP contribution >= 0.6 is 15.9 Å². The van der Waals surface area contributed by atoms with Crippen molar-refractivity contribution in [3.05, 3.63) is 64.1 Å². The van der Waals surface area contributed by atoms with Crippen LogP contribution in [0.4, 0.5) is 5.69 Å². The summed E-state index contributed by atoms with van der Waals surface area (Å²) >= 11 is 3.37. The van der Waals surface area contributed by atoms with Crippen LogP contribution in [0.3, 0.4) is 0 Å². The third-order valence-electron chi connectivity index (χ3n) is 5.30. The minimum absolute atomic E-state index is 0.0223. The molecule has 0 aromatic heterocycles. The van der Waals surface area contributed by atoms with Gasteiger partial charge in [-0.15, -0.1) is 0 Å². The van der Waals surface area contributed by atoms with E-state index in [1.54, 1.807) is 0 Å². The molecule has 1 aliphatic heterocycles. The minimum atomic E-state index is -3.39. The maximum atomic E-state index is 12.7. The van der Waals surface area contributed by atoms with Gasteiger partial charge in [0.1, 0.15) is 0 Å². The molecule has 0 bridgehead atoms. The van der Waals surface area contributed by atoms with Gasteiger partial charge in [0.25, 0.3) is 0 Å². The third-order valence-corrected chi connectivity index (χ3v) is 7.64. The minimum Gasteiger partial charge on any atom is -0.326 e. The van der Waals surface area contributed by atoms with E-state index in [1.807, 2.05) is 48.5 Å². The summed E-state index contributed by atoms with van der Waals surface area (Å²) in [6.07, 6.45) is 1.07. The van der Waals surface area contributed by atoms with Gasteiger partial charge in [-0.2, -0.15) is 0 Å². The number of hydrogen-bond acceptors (Lipinski definition) is 3. The van der Waals surface area contributed by atoms with Crippen LogP contribution in [0.25, 0.3) is 0 Å². The third kappa shape index (κ3) is 5.90. The maximum absolute atomic E-state index is 12.7. The van der Waals surface area contributed by atoms with E-state index in [4.69, 9.17) is 0 Å². The molecule has 0 unspecified atom stereocenters. The largest absolute Gasteiger partial charge is 0.326 e. The van der Waals surface area contributed by atoms with Crippen LogP contribution in [0.5, 0.6) is 0 Å². The number of benzene rings is 2. The van der Waals surface area contributed by atoms with E-state index in [9.17, 15) is 13.2 Å². The summed E-state index contributed by atoms with van der Waals surface area (Å²) in [6, 6.07) is 15.2. The second-order valence-corrected chi connectivity index (χ2v) is 10.7. The average molecular weight is 479 g/mol. The van der Waals surface area contributed by atoms with Gasteiger partial charge in [0.2, 0.25) is 15.9 Å². The number of sulfonamides is 1. The molecule has 0 saturated carbocycles. The number of hydrogen-bond donors (Lipinski definition) is 1. The first-order chi connectivity index (χ1) is 13.7. The SMILES string of the molecule is CC(C)c1ccc(NC(=O)C2CCN(S(=O)(=O)Cc3cccc(Br)c3)CC2)cc1. The van der Waals surface area contributed by atoms with Crippen molar-refractivity contribution in [1.82, 2.24) is 4.31 Å². The number of piperidine rings is 1. The van der Waals surface area contributed by atoms with E-state index in [0.29, 0.717) is 31.8 Å². The highest BCUT2D eigenvalue weighted by Crippen LogP contribution is 2.24. The highest BCUT2D eigenvalue weighted by atomic mass is 79.9. The van der Waals surface area contributed by atoms with Crippen LogP contribution in [0.15, 0.2) is 53.0 Å². The maximum Gasteiger partial charge on any atom is 0.227 e. The lowest BCUT2D eigenvalue weighted by Crippen LogP contribution is -2.41. The highest BCUT2D eigenvalue weighted by molar-refractivity contribution is 9.10. The van der Waals surface area contributed by atoms with E-state index in [1.165, 1.54) is 9.87 Å². The van der Waals surface area contributed by atoms with Crippen LogP contribution < -0.4 is 5.32 Å². The molecule has 1 aliphatic rings. The Bertz CT molecular complexity index is 950. The number of nitrogens with one attached hydrogen (secondary N) is 1. The van der Waals surface area contributed by atoms with Crippen molar-refractivity contribution in [3.63, 3.8) is 0 Å². The van der Waals surface area contributed by atoms with Crippen LogP contribution in [-0.4, -0.2) is 31.7 Å². The topological polar surface area (TPSA) is 66.5 Å². The molecular weight excluding hydrogens is 452 g/mol. The van der Waals surface area contributed by atoms with Crippen molar-refractivity contribution in [1.29, 1.82) is 0 Å². The predicted octanol–water partition coefficient (Wildman–Crippen LogP) is 4.75. The zero-order valence-electron chi connectivity index (χ0n) is 16.8. The molecule has 1 amide bonds. The molecule has 29 heavy (non-hydrogen) atoms. The second-order valence-electron chi connectivity index (χ2n) is 7.83. The standard InChI is InChI=1S/C22H27BrN2O3S/c1-16(2)18-6-8-21(9-7-18)24-22(26)19-10-12-25(13-11-19)29(27,28)15-17-4-3-5-20(23)14-17/h3-9,14,16,19H,10-13,15H2,1-2H3,(H,24,26). The molecule has 156 valence electrons. The molecule has 3 rings (SSSR count). The number of carbonyl (C=O) groups is 1. The second kappa shape index (κ2) is 9.41. The Hall–Kier alpha value is -1.70. The smallest absolute Gasteiger partial charge is 0.227 e. The molecule has 2 aromatic rings. The Morgan fingerprint density at radius 1 is 1.14 bits per heavy atom. The Morgan fingerprint density at radius 3 is 2.38 bits per heavy atom. The van der Waals surface area contributed by atoms with E-state index in [0.717, 1.165) is 15.7 Å². The fraction of sp³-hybridized carbons (Fsp3) is 0.409. The van der Waals surface area contributed by atoms with Gasteiger partial charge < -0.3 is 5.32 Å². The average Bonchev–Trinajstić information content (AvgIpc) is 2.68. The van der Waals surface area contributed by atoms with Crippen molar-refractivity contribution in [2.45, 2.75) is 38.4 Å². The first kappa shape index (κ1) is 22.0. The first-order valence-electron chi connectivity index (χ1n) is 9.87. The molecule has 1 heterocycles. The number of halogens is 1. The summed E-state index contributed by atoms with van der Waals surface area (Å²) in [5.41, 5.74) is 2.76. The Morgan fingerprint density at radius 2 is 1.79 bits per heavy atom. The first-order valence-corrected chi connectivity index (χ1v) is 12.3. The lowest BCUT2D eigenvalue weighted by atomic mass is 9.97. The van der Waals surface area contributed by atoms with Gasteiger partial charge in [-0.1, -0.05) is 54.0 Å². The molecule has 2 aromatic carbocycles. The highest BCUT2D eigenvalue weighted by Gasteiger charge is 2.31. The molecule has 5 nitrogen and oxygen atoms in total. The van der Waals surface area contributed by atoms with Crippen molar-refractivity contribution in [2.75, 3.05) is 18.4 Å². The van der Waals surface area contributed by atoms with Gasteiger partial charge in [0.05, 0.1) is 5.75 Å². The van der Waals surface area contributed by atoms with Crippen LogP contribution in [-0.2, 0) is 20.6 Å². The van der Waals surface area contributed by atoms with E-state index in [-0.39, 0.29) is 17.6 Å². The fourth-order valence-electron chi connectivity index (χ4n) is 3.52. The molecule has 1 fully saturated rings. The molecule has 0 aliphatic carbocycles. The molecular formula is C22H27BrN2O3S. The van der Waals surface area contributed by atoms with Gasteiger partial charge in [-0.3, -0.25) is 4.79 Å². The Kier molecular flexibility index (Phi) is 7.14. The van der Waals surface area contributed by atoms with Crippen molar-refractivity contribution in [2.24, 2.45) is 5.92 Å². The number of carbonyl (C=O) groups excluding carboxylic acids is 1. The molecule has 1 N–H and O–H groups in total. The van der Waals surface area contributed by atoms with Gasteiger partial charge in [0, 0.05) is 29.2 Å². The van der Waals surface area contributed by atoms with Crippen LogP contribution in [0, 0.1) is 5.92 Å². The number of amides is 1. The van der Waals surface area contributed by atoms with Crippen LogP contribution in [0.1, 0.15) is 43.7 Å². The summed E-state index contributed by atoms with van der Waals surface area (Å²) < 4.78 is 27.8. The van der Waals surface area contributed by atoms with E-state index in [2.05, 4.69) is 35.1 Å². The van der Waals surface area contributed by atoms with Gasteiger partial charge in [-0.05, 0) is 54.2 Å². The lowest BCUT2D eigenvalue weighted by Gasteiger charge is -2.30. The normalized spacial score (nSPS) is 16.1. The number of anilines is 1. The molecule has 1 saturated heterocycles. The van der Waals surface area contributed by atoms with Gasteiger partial charge in [0.15, 0.2) is 0 Å². The molecule has 7 heteroatoms. The number of nitrogens with zero attached hydrogens (tertiary/aromatic N) is 1. The lowest BCUT2D eigenvalue weighted by molar-refractivity contribution is -0.120. The van der Waals surface area contributed by atoms with E-state index >= 15 is 0 Å². The summed E-state index contributed by atoms with van der Waals surface area (Å²) in [6.45, 7) is 5.01. The van der Waals surface area contributed by atoms with Crippen molar-refractivity contribution >= 4 is 37.5 Å². The fourth-order valence-corrected chi connectivity index (χ4v) is 5.52. The van der Waals surface area contributed by atoms with Gasteiger partial charge >= 0.3 is 0 Å². The quantitative estimate of drug-likeness (QED) is 0.650. The van der Waals surface area contributed by atoms with Crippen LogP contribution in [0.2, 0.25) is 0 Å². The zero-order chi connectivity index (χ0) is 21.0. The molecule has 0 spiro atoms. The van der Waals surface area contributed by atoms with Crippen molar-refractivity contribution in [3.8, 4) is 0 Å². The van der Waals surface area contributed by atoms with Crippen molar-refractivity contribution < 1.29 is 13.2 Å². The summed E-state index contributed by atoms with van der Waals surface area (Å²) in [5.74, 6) is 0.220. The predicted molar refractivity (Wildman–Crippen MR) is 120 cm³/mol. The summed E-state index contributed by atoms with van der Waals surface area (Å²) in [5, 5.41) is 2.97. The zero-order valence-corrected chi connectivity index (χ0v) is 19.2. The summed E-state index contributed by atoms with van der Waals surface area (Å²) in [4.78, 5) is 12.6. The Balaban J connectivity index is 1.54. The van der Waals surface area contributed by atoms with E-state index < -0.39 is 10.0 Å².